The van der Waals surface area contributed by atoms with Crippen LogP contribution in [0.25, 0.3) is 0 Å². The summed E-state index contributed by atoms with van der Waals surface area (Å²) in [7, 11) is 0. The maximum atomic E-state index is 5.36. The Balaban J connectivity index is 3.04. The van der Waals surface area contributed by atoms with Crippen molar-refractivity contribution in [3.63, 3.8) is 0 Å². The van der Waals surface area contributed by atoms with Crippen LogP contribution in [0.2, 0.25) is 0 Å². The van der Waals surface area contributed by atoms with Gasteiger partial charge in [0.15, 0.2) is 0 Å². The summed E-state index contributed by atoms with van der Waals surface area (Å²) in [5, 5.41) is 0. The highest BCUT2D eigenvalue weighted by atomic mass is 79.9. The normalized spacial score (nSPS) is 11.8. The maximum absolute atomic E-state index is 5.36. The van der Waals surface area contributed by atoms with Crippen molar-refractivity contribution in [3.8, 4) is 0 Å². The van der Waals surface area contributed by atoms with Crippen LogP contribution in [0.1, 0.15) is 12.5 Å². The number of nitrogens with one attached hydrogen (secondary N) is 1. The van der Waals surface area contributed by atoms with Crippen LogP contribution in [-0.2, 0) is 0 Å². The number of aliphatic imine (C=N–C) groups is 1. The molecule has 1 rings (SSSR count). The standard InChI is InChI=1S/C7H9Br2N3S/c1-2-11-7(12-10)4-3-5(8)13-6(4)9/h3H,2,10H2,1H3,(H,11,12). The van der Waals surface area contributed by atoms with Crippen molar-refractivity contribution < 1.29 is 0 Å². The van der Waals surface area contributed by atoms with E-state index in [9.17, 15) is 0 Å². The van der Waals surface area contributed by atoms with E-state index in [0.29, 0.717) is 12.4 Å². The van der Waals surface area contributed by atoms with Crippen LogP contribution in [-0.4, -0.2) is 12.4 Å². The zero-order valence-corrected chi connectivity index (χ0v) is 11.0. The second-order valence-electron chi connectivity index (χ2n) is 2.21. The van der Waals surface area contributed by atoms with Gasteiger partial charge in [-0.25, -0.2) is 5.84 Å². The lowest BCUT2D eigenvalue weighted by Gasteiger charge is -2.02. The molecule has 0 aliphatic rings. The van der Waals surface area contributed by atoms with Crippen LogP contribution in [0, 0.1) is 0 Å². The van der Waals surface area contributed by atoms with Gasteiger partial charge in [0.2, 0.25) is 0 Å². The fourth-order valence-electron chi connectivity index (χ4n) is 0.868. The van der Waals surface area contributed by atoms with Crippen molar-refractivity contribution in [2.75, 3.05) is 6.54 Å². The van der Waals surface area contributed by atoms with E-state index in [0.717, 1.165) is 13.1 Å². The van der Waals surface area contributed by atoms with Gasteiger partial charge >= 0.3 is 0 Å². The zero-order valence-electron chi connectivity index (χ0n) is 6.97. The number of hydrogen-bond acceptors (Lipinski definition) is 3. The first-order valence-corrected chi connectivity index (χ1v) is 6.05. The van der Waals surface area contributed by atoms with E-state index < -0.39 is 0 Å². The number of thiophene rings is 1. The number of nitrogens with two attached hydrogens (primary N) is 1. The molecular formula is C7H9Br2N3S. The lowest BCUT2D eigenvalue weighted by Crippen LogP contribution is -2.31. The van der Waals surface area contributed by atoms with Gasteiger partial charge in [-0.05, 0) is 44.8 Å². The largest absolute Gasteiger partial charge is 0.308 e. The number of amidine groups is 1. The fraction of sp³-hybridized carbons (Fsp3) is 0.286. The minimum absolute atomic E-state index is 0.705. The molecule has 0 radical (unpaired) electrons. The smallest absolute Gasteiger partial charge is 0.144 e. The Bertz CT molecular complexity index is 322. The third-order valence-corrected chi connectivity index (χ3v) is 3.70. The Morgan fingerprint density at radius 3 is 2.77 bits per heavy atom. The highest BCUT2D eigenvalue weighted by molar-refractivity contribution is 9.12. The molecule has 0 aliphatic carbocycles. The van der Waals surface area contributed by atoms with Gasteiger partial charge in [-0.3, -0.25) is 4.99 Å². The van der Waals surface area contributed by atoms with Gasteiger partial charge in [-0.1, -0.05) is 0 Å². The molecule has 0 unspecified atom stereocenters. The van der Waals surface area contributed by atoms with Gasteiger partial charge in [-0.15, -0.1) is 11.3 Å². The number of hydrazine groups is 1. The van der Waals surface area contributed by atoms with Crippen molar-refractivity contribution in [1.29, 1.82) is 0 Å². The van der Waals surface area contributed by atoms with Crippen LogP contribution < -0.4 is 11.3 Å². The molecule has 3 nitrogen and oxygen atoms in total. The molecule has 0 fully saturated rings. The van der Waals surface area contributed by atoms with Crippen molar-refractivity contribution in [1.82, 2.24) is 5.43 Å². The second kappa shape index (κ2) is 5.09. The molecule has 0 saturated heterocycles. The first-order chi connectivity index (χ1) is 6.19. The lowest BCUT2D eigenvalue weighted by molar-refractivity contribution is 0.992. The third-order valence-electron chi connectivity index (χ3n) is 1.36. The topological polar surface area (TPSA) is 50.4 Å². The monoisotopic (exact) mass is 325 g/mol. The van der Waals surface area contributed by atoms with E-state index in [1.54, 1.807) is 11.3 Å². The first-order valence-electron chi connectivity index (χ1n) is 3.65. The second-order valence-corrected chi connectivity index (χ2v) is 5.95. The summed E-state index contributed by atoms with van der Waals surface area (Å²) >= 11 is 8.43. The Morgan fingerprint density at radius 2 is 2.38 bits per heavy atom. The third kappa shape index (κ3) is 2.77. The molecule has 0 aromatic carbocycles. The molecule has 0 bridgehead atoms. The molecule has 6 heteroatoms. The fourth-order valence-corrected chi connectivity index (χ4v) is 3.67. The summed E-state index contributed by atoms with van der Waals surface area (Å²) in [5.41, 5.74) is 3.57. The van der Waals surface area contributed by atoms with E-state index in [1.165, 1.54) is 0 Å². The minimum Gasteiger partial charge on any atom is -0.308 e. The van der Waals surface area contributed by atoms with E-state index in [2.05, 4.69) is 42.3 Å². The van der Waals surface area contributed by atoms with Gasteiger partial charge in [0, 0.05) is 12.1 Å². The Morgan fingerprint density at radius 1 is 1.69 bits per heavy atom. The molecule has 72 valence electrons. The number of nitrogens with zero attached hydrogens (tertiary/aromatic N) is 1. The molecule has 0 spiro atoms. The quantitative estimate of drug-likeness (QED) is 0.380. The Hall–Kier alpha value is 0.0900. The highest BCUT2D eigenvalue weighted by Gasteiger charge is 2.09. The van der Waals surface area contributed by atoms with Crippen LogP contribution in [0.3, 0.4) is 0 Å². The van der Waals surface area contributed by atoms with Crippen LogP contribution in [0.5, 0.6) is 0 Å². The zero-order chi connectivity index (χ0) is 9.84. The van der Waals surface area contributed by atoms with Crippen LogP contribution in [0.4, 0.5) is 0 Å². The molecule has 1 aromatic heterocycles. The summed E-state index contributed by atoms with van der Waals surface area (Å²) in [6.45, 7) is 2.67. The van der Waals surface area contributed by atoms with E-state index >= 15 is 0 Å². The Kier molecular flexibility index (Phi) is 4.37. The minimum atomic E-state index is 0.705. The van der Waals surface area contributed by atoms with Crippen LogP contribution >= 0.6 is 43.2 Å². The van der Waals surface area contributed by atoms with E-state index in [1.807, 2.05) is 13.0 Å². The molecule has 0 aliphatic heterocycles. The van der Waals surface area contributed by atoms with Gasteiger partial charge < -0.3 is 5.43 Å². The first kappa shape index (κ1) is 11.2. The van der Waals surface area contributed by atoms with Gasteiger partial charge in [0.1, 0.15) is 5.84 Å². The molecule has 13 heavy (non-hydrogen) atoms. The predicted octanol–water partition coefficient (Wildman–Crippen LogP) is 2.50. The van der Waals surface area contributed by atoms with Crippen molar-refractivity contribution in [3.05, 3.63) is 19.2 Å². The molecule has 0 saturated carbocycles. The Labute approximate surface area is 97.7 Å². The molecule has 1 aromatic rings. The average Bonchev–Trinajstić information content (AvgIpc) is 2.41. The van der Waals surface area contributed by atoms with E-state index in [4.69, 9.17) is 5.84 Å². The van der Waals surface area contributed by atoms with E-state index in [-0.39, 0.29) is 0 Å². The average molecular weight is 327 g/mol. The lowest BCUT2D eigenvalue weighted by atomic mass is 10.3. The van der Waals surface area contributed by atoms with Gasteiger partial charge in [0.05, 0.1) is 7.57 Å². The summed E-state index contributed by atoms with van der Waals surface area (Å²) in [4.78, 5) is 4.22. The summed E-state index contributed by atoms with van der Waals surface area (Å²) < 4.78 is 2.07. The predicted molar refractivity (Wildman–Crippen MR) is 64.1 cm³/mol. The van der Waals surface area contributed by atoms with Crippen molar-refractivity contribution in [2.45, 2.75) is 6.92 Å². The highest BCUT2D eigenvalue weighted by Crippen LogP contribution is 2.31. The summed E-state index contributed by atoms with van der Waals surface area (Å²) in [6.07, 6.45) is 0. The maximum Gasteiger partial charge on any atom is 0.144 e. The summed E-state index contributed by atoms with van der Waals surface area (Å²) in [6, 6.07) is 1.98. The SMILES string of the molecule is CCN=C(NN)c1cc(Br)sc1Br. The molecule has 0 amide bonds. The molecular weight excluding hydrogens is 318 g/mol. The number of halogens is 2. The molecule has 3 N–H and O–H groups in total. The number of hydrogen-bond donors (Lipinski definition) is 2. The van der Waals surface area contributed by atoms with Crippen LogP contribution in [0.15, 0.2) is 18.6 Å². The van der Waals surface area contributed by atoms with Gasteiger partial charge in [0.25, 0.3) is 0 Å². The van der Waals surface area contributed by atoms with Gasteiger partial charge in [-0.2, -0.15) is 0 Å². The van der Waals surface area contributed by atoms with Crippen molar-refractivity contribution in [2.24, 2.45) is 10.8 Å². The number of rotatable bonds is 2. The van der Waals surface area contributed by atoms with Crippen molar-refractivity contribution >= 4 is 49.0 Å². The molecule has 1 heterocycles. The molecule has 0 atom stereocenters. The summed E-state index contributed by atoms with van der Waals surface area (Å²) in [5.74, 6) is 6.06.